The molecule has 1 atom stereocenters. The molecule has 2 aromatic carbocycles. The maximum atomic E-state index is 11.8. The van der Waals surface area contributed by atoms with Gasteiger partial charge in [-0.25, -0.2) is 0 Å². The second-order valence-electron chi connectivity index (χ2n) is 7.09. The standard InChI is InChI=1S/C22H27N2O2/c1-2-26-20-14-12-18(13-15-20)22(25)17-23-16-8-4-7-11-21(23)24(22)19-9-5-3-6-10-19/h3,5-6,9-10,12-15,25H,2,4,7-8,11,16-17H2,1H3/q+1. The molecule has 0 fully saturated rings. The van der Waals surface area contributed by atoms with Crippen LogP contribution >= 0.6 is 0 Å². The molecule has 0 bridgehead atoms. The van der Waals surface area contributed by atoms with E-state index in [-0.39, 0.29) is 0 Å². The van der Waals surface area contributed by atoms with Crippen LogP contribution in [0.1, 0.15) is 38.2 Å². The van der Waals surface area contributed by atoms with E-state index < -0.39 is 5.72 Å². The van der Waals surface area contributed by atoms with Crippen molar-refractivity contribution in [3.05, 3.63) is 60.2 Å². The van der Waals surface area contributed by atoms with Crippen LogP contribution in [0, 0.1) is 0 Å². The number of hydrogen-bond acceptors (Lipinski definition) is 3. The smallest absolute Gasteiger partial charge is 0.275 e. The molecule has 4 nitrogen and oxygen atoms in total. The molecule has 4 heteroatoms. The molecule has 0 saturated heterocycles. The summed E-state index contributed by atoms with van der Waals surface area (Å²) >= 11 is 0. The zero-order chi connectivity index (χ0) is 18.0. The topological polar surface area (TPSA) is 35.7 Å². The van der Waals surface area contributed by atoms with Crippen molar-refractivity contribution in [2.45, 2.75) is 38.3 Å². The van der Waals surface area contributed by atoms with Crippen molar-refractivity contribution in [2.24, 2.45) is 0 Å². The van der Waals surface area contributed by atoms with E-state index in [1.807, 2.05) is 49.4 Å². The van der Waals surface area contributed by atoms with Gasteiger partial charge in [-0.3, -0.25) is 4.58 Å². The summed E-state index contributed by atoms with van der Waals surface area (Å²) in [6, 6.07) is 18.2. The lowest BCUT2D eigenvalue weighted by atomic mass is 9.99. The summed E-state index contributed by atoms with van der Waals surface area (Å²) in [4.78, 5) is 2.15. The number of benzene rings is 2. The first-order chi connectivity index (χ1) is 12.7. The minimum absolute atomic E-state index is 0.602. The van der Waals surface area contributed by atoms with Crippen molar-refractivity contribution in [1.29, 1.82) is 0 Å². The van der Waals surface area contributed by atoms with Crippen molar-refractivity contribution in [2.75, 3.05) is 24.6 Å². The van der Waals surface area contributed by atoms with E-state index in [1.54, 1.807) is 0 Å². The highest BCUT2D eigenvalue weighted by atomic mass is 16.5. The first-order valence-corrected chi connectivity index (χ1v) is 9.64. The lowest BCUT2D eigenvalue weighted by Gasteiger charge is -2.29. The number of rotatable bonds is 4. The summed E-state index contributed by atoms with van der Waals surface area (Å²) in [7, 11) is 0. The summed E-state index contributed by atoms with van der Waals surface area (Å²) in [5, 5.41) is 11.8. The number of amidine groups is 1. The number of nitrogens with zero attached hydrogens (tertiary/aromatic N) is 2. The second-order valence-corrected chi connectivity index (χ2v) is 7.09. The second kappa shape index (κ2) is 7.12. The van der Waals surface area contributed by atoms with E-state index in [4.69, 9.17) is 4.74 Å². The third kappa shape index (κ3) is 2.99. The molecule has 2 aliphatic rings. The normalized spacial score (nSPS) is 22.9. The van der Waals surface area contributed by atoms with Crippen LogP contribution in [0.5, 0.6) is 5.75 Å². The van der Waals surface area contributed by atoms with Gasteiger partial charge in [-0.2, -0.15) is 4.90 Å². The SMILES string of the molecule is CCOc1ccc(C2(O)C[N+]3=C(CCCCC3)N2c2ccccc2)cc1. The summed E-state index contributed by atoms with van der Waals surface area (Å²) in [6.45, 7) is 4.24. The number of hydrogen-bond donors (Lipinski definition) is 1. The van der Waals surface area contributed by atoms with Gasteiger partial charge in [0.25, 0.3) is 11.6 Å². The number of para-hydroxylation sites is 1. The Hall–Kier alpha value is -2.33. The first kappa shape index (κ1) is 17.1. The van der Waals surface area contributed by atoms with E-state index in [2.05, 4.69) is 21.6 Å². The molecule has 2 aromatic rings. The highest BCUT2D eigenvalue weighted by Crippen LogP contribution is 2.38. The molecule has 0 aliphatic carbocycles. The monoisotopic (exact) mass is 351 g/mol. The minimum Gasteiger partial charge on any atom is -0.494 e. The molecule has 0 spiro atoms. The predicted molar refractivity (Wildman–Crippen MR) is 104 cm³/mol. The highest BCUT2D eigenvalue weighted by Gasteiger charge is 2.53. The molecule has 4 rings (SSSR count). The fourth-order valence-electron chi connectivity index (χ4n) is 4.17. The molecule has 26 heavy (non-hydrogen) atoms. The largest absolute Gasteiger partial charge is 0.494 e. The lowest BCUT2D eigenvalue weighted by Crippen LogP contribution is -2.47. The Morgan fingerprint density at radius 3 is 2.54 bits per heavy atom. The Morgan fingerprint density at radius 2 is 1.81 bits per heavy atom. The number of ether oxygens (including phenoxy) is 1. The molecule has 2 heterocycles. The van der Waals surface area contributed by atoms with Gasteiger partial charge >= 0.3 is 0 Å². The fraction of sp³-hybridized carbons (Fsp3) is 0.409. The molecule has 1 unspecified atom stereocenters. The minimum atomic E-state index is -1.06. The molecular formula is C22H27N2O2+. The maximum Gasteiger partial charge on any atom is 0.275 e. The Balaban J connectivity index is 1.76. The molecule has 0 saturated carbocycles. The van der Waals surface area contributed by atoms with Crippen molar-refractivity contribution in [1.82, 2.24) is 0 Å². The van der Waals surface area contributed by atoms with Gasteiger partial charge in [-0.05, 0) is 62.6 Å². The number of anilines is 1. The Kier molecular flexibility index (Phi) is 4.68. The van der Waals surface area contributed by atoms with Gasteiger partial charge in [0.15, 0.2) is 6.54 Å². The van der Waals surface area contributed by atoms with Gasteiger partial charge in [0.1, 0.15) is 11.4 Å². The van der Waals surface area contributed by atoms with Gasteiger partial charge in [0.2, 0.25) is 0 Å². The van der Waals surface area contributed by atoms with Crippen LogP contribution in [0.15, 0.2) is 54.6 Å². The van der Waals surface area contributed by atoms with Crippen LogP contribution < -0.4 is 9.64 Å². The average molecular weight is 351 g/mol. The van der Waals surface area contributed by atoms with Gasteiger partial charge in [0, 0.05) is 12.0 Å². The van der Waals surface area contributed by atoms with Crippen LogP contribution in [0.2, 0.25) is 0 Å². The lowest BCUT2D eigenvalue weighted by molar-refractivity contribution is -0.534. The molecule has 136 valence electrons. The van der Waals surface area contributed by atoms with Gasteiger partial charge < -0.3 is 9.84 Å². The Labute approximate surface area is 155 Å². The van der Waals surface area contributed by atoms with Crippen LogP contribution in [-0.2, 0) is 5.72 Å². The van der Waals surface area contributed by atoms with Gasteiger partial charge in [-0.1, -0.05) is 18.2 Å². The van der Waals surface area contributed by atoms with Crippen molar-refractivity contribution >= 4 is 11.5 Å². The third-order valence-electron chi connectivity index (χ3n) is 5.37. The fourth-order valence-corrected chi connectivity index (χ4v) is 4.17. The van der Waals surface area contributed by atoms with Crippen LogP contribution in [0.4, 0.5) is 5.69 Å². The van der Waals surface area contributed by atoms with E-state index >= 15 is 0 Å². The molecule has 0 aromatic heterocycles. The quantitative estimate of drug-likeness (QED) is 0.853. The predicted octanol–water partition coefficient (Wildman–Crippen LogP) is 3.74. The first-order valence-electron chi connectivity index (χ1n) is 9.64. The third-order valence-corrected chi connectivity index (χ3v) is 5.37. The van der Waals surface area contributed by atoms with Gasteiger partial charge in [-0.15, -0.1) is 0 Å². The molecular weight excluding hydrogens is 324 g/mol. The van der Waals surface area contributed by atoms with Crippen LogP contribution in [0.25, 0.3) is 0 Å². The zero-order valence-electron chi connectivity index (χ0n) is 15.4. The van der Waals surface area contributed by atoms with E-state index in [1.165, 1.54) is 25.1 Å². The molecule has 0 radical (unpaired) electrons. The highest BCUT2D eigenvalue weighted by molar-refractivity contribution is 5.97. The Morgan fingerprint density at radius 1 is 1.04 bits per heavy atom. The van der Waals surface area contributed by atoms with Crippen molar-refractivity contribution < 1.29 is 14.4 Å². The zero-order valence-corrected chi connectivity index (χ0v) is 15.4. The van der Waals surface area contributed by atoms with E-state index in [0.717, 1.165) is 30.0 Å². The summed E-state index contributed by atoms with van der Waals surface area (Å²) < 4.78 is 7.94. The average Bonchev–Trinajstić information content (AvgIpc) is 2.79. The Bertz CT molecular complexity index is 786. The molecule has 1 N–H and O–H groups in total. The van der Waals surface area contributed by atoms with E-state index in [0.29, 0.717) is 13.2 Å². The van der Waals surface area contributed by atoms with Crippen LogP contribution in [-0.4, -0.2) is 35.2 Å². The number of aliphatic hydroxyl groups is 1. The maximum absolute atomic E-state index is 11.8. The van der Waals surface area contributed by atoms with Gasteiger partial charge in [0.05, 0.1) is 13.2 Å². The summed E-state index contributed by atoms with van der Waals surface area (Å²) in [5.74, 6) is 2.08. The van der Waals surface area contributed by atoms with E-state index in [9.17, 15) is 5.11 Å². The summed E-state index contributed by atoms with van der Waals surface area (Å²) in [5.41, 5.74) is 0.896. The van der Waals surface area contributed by atoms with Crippen molar-refractivity contribution in [3.8, 4) is 5.75 Å². The molecule has 0 amide bonds. The van der Waals surface area contributed by atoms with Crippen molar-refractivity contribution in [3.63, 3.8) is 0 Å². The van der Waals surface area contributed by atoms with Crippen LogP contribution in [0.3, 0.4) is 0 Å². The molecule has 2 aliphatic heterocycles. The summed E-state index contributed by atoms with van der Waals surface area (Å²) in [6.07, 6.45) is 4.62.